The van der Waals surface area contributed by atoms with Crippen LogP contribution in [0.2, 0.25) is 0 Å². The molecule has 2 heterocycles. The van der Waals surface area contributed by atoms with E-state index in [0.29, 0.717) is 35.4 Å². The highest BCUT2D eigenvalue weighted by Crippen LogP contribution is 2.33. The Balaban J connectivity index is 1.20. The number of hydrogen-bond acceptors (Lipinski definition) is 5. The van der Waals surface area contributed by atoms with Crippen LogP contribution in [0, 0.1) is 11.7 Å². The maximum Gasteiger partial charge on any atom is 0.257 e. The van der Waals surface area contributed by atoms with Gasteiger partial charge in [0.05, 0.1) is 24.1 Å². The molecule has 196 valence electrons. The number of ether oxygens (including phenoxy) is 2. The van der Waals surface area contributed by atoms with Crippen molar-refractivity contribution in [3.05, 3.63) is 59.4 Å². The van der Waals surface area contributed by atoms with Crippen LogP contribution in [-0.2, 0) is 20.9 Å². The van der Waals surface area contributed by atoms with Crippen LogP contribution in [0.4, 0.5) is 10.1 Å². The Hall–Kier alpha value is -3.46. The molecule has 2 aromatic carbocycles. The van der Waals surface area contributed by atoms with Crippen molar-refractivity contribution in [2.75, 3.05) is 19.0 Å². The van der Waals surface area contributed by atoms with Gasteiger partial charge in [-0.2, -0.15) is 0 Å². The number of benzene rings is 2. The number of likely N-dealkylation sites (N-methyl/N-ethyl adjacent to an activating group) is 1. The zero-order valence-corrected chi connectivity index (χ0v) is 20.9. The first-order valence-electron chi connectivity index (χ1n) is 12.9. The maximum atomic E-state index is 13.8. The summed E-state index contributed by atoms with van der Waals surface area (Å²) in [6.45, 7) is 0.348. The molecule has 8 nitrogen and oxygen atoms in total. The van der Waals surface area contributed by atoms with E-state index in [0.717, 1.165) is 19.3 Å². The Labute approximate surface area is 215 Å². The Morgan fingerprint density at radius 2 is 1.92 bits per heavy atom. The summed E-state index contributed by atoms with van der Waals surface area (Å²) >= 11 is 0. The molecule has 3 atom stereocenters. The molecule has 5 rings (SSSR count). The summed E-state index contributed by atoms with van der Waals surface area (Å²) in [5.74, 6) is -0.300. The topological polar surface area (TPSA) is 97.0 Å². The molecule has 3 aliphatic rings. The molecule has 3 amide bonds. The number of carbonyl (C=O) groups is 3. The summed E-state index contributed by atoms with van der Waals surface area (Å²) in [6, 6.07) is 11.3. The molecule has 1 aliphatic carbocycles. The molecule has 0 aromatic heterocycles. The van der Waals surface area contributed by atoms with Crippen molar-refractivity contribution in [1.82, 2.24) is 10.2 Å². The molecule has 0 unspecified atom stereocenters. The van der Waals surface area contributed by atoms with Crippen LogP contribution in [0.5, 0.6) is 5.75 Å². The summed E-state index contributed by atoms with van der Waals surface area (Å²) in [6.07, 6.45) is 3.58. The van der Waals surface area contributed by atoms with Gasteiger partial charge in [0.2, 0.25) is 11.8 Å². The Kier molecular flexibility index (Phi) is 7.41. The second-order valence-corrected chi connectivity index (χ2v) is 10.1. The van der Waals surface area contributed by atoms with Gasteiger partial charge >= 0.3 is 0 Å². The Bertz CT molecular complexity index is 1180. The van der Waals surface area contributed by atoms with Crippen LogP contribution >= 0.6 is 0 Å². The lowest BCUT2D eigenvalue weighted by molar-refractivity contribution is -0.134. The fourth-order valence-electron chi connectivity index (χ4n) is 5.13. The number of carbonyl (C=O) groups excluding carboxylic acids is 3. The largest absolute Gasteiger partial charge is 0.490 e. The molecular weight excluding hydrogens is 477 g/mol. The number of hydrogen-bond donors (Lipinski definition) is 2. The van der Waals surface area contributed by atoms with Crippen molar-refractivity contribution in [2.45, 2.75) is 63.3 Å². The zero-order valence-electron chi connectivity index (χ0n) is 20.9. The van der Waals surface area contributed by atoms with Crippen LogP contribution in [-0.4, -0.2) is 54.5 Å². The molecular formula is C28H32FN3O5. The van der Waals surface area contributed by atoms with Gasteiger partial charge in [0.1, 0.15) is 24.3 Å². The second kappa shape index (κ2) is 10.9. The fourth-order valence-corrected chi connectivity index (χ4v) is 5.13. The van der Waals surface area contributed by atoms with Gasteiger partial charge in [-0.3, -0.25) is 14.4 Å². The minimum Gasteiger partial charge on any atom is -0.490 e. The van der Waals surface area contributed by atoms with E-state index >= 15 is 0 Å². The average Bonchev–Trinajstić information content (AvgIpc) is 2.85. The van der Waals surface area contributed by atoms with E-state index in [1.54, 1.807) is 48.3 Å². The van der Waals surface area contributed by atoms with Crippen molar-refractivity contribution in [2.24, 2.45) is 5.92 Å². The smallest absolute Gasteiger partial charge is 0.257 e. The maximum absolute atomic E-state index is 13.8. The predicted octanol–water partition coefficient (Wildman–Crippen LogP) is 3.65. The van der Waals surface area contributed by atoms with E-state index in [1.165, 1.54) is 6.07 Å². The van der Waals surface area contributed by atoms with Crippen LogP contribution in [0.25, 0.3) is 0 Å². The van der Waals surface area contributed by atoms with Crippen molar-refractivity contribution >= 4 is 23.4 Å². The minimum absolute atomic E-state index is 0.0107. The third-order valence-electron chi connectivity index (χ3n) is 7.60. The van der Waals surface area contributed by atoms with Gasteiger partial charge in [0.15, 0.2) is 0 Å². The monoisotopic (exact) mass is 509 g/mol. The van der Waals surface area contributed by atoms with Crippen molar-refractivity contribution in [1.29, 1.82) is 0 Å². The van der Waals surface area contributed by atoms with E-state index < -0.39 is 6.10 Å². The lowest BCUT2D eigenvalue weighted by Gasteiger charge is -2.42. The van der Waals surface area contributed by atoms with Crippen LogP contribution < -0.4 is 15.4 Å². The molecule has 1 saturated heterocycles. The SMILES string of the molecule is CN1C(=O)c2cc(NC(=O)C3CCC3)ccc2OC[C@@H]2O[C@H](CC(=O)NCc3ccccc3F)CC[C@@H]21. The van der Waals surface area contributed by atoms with E-state index in [1.807, 2.05) is 0 Å². The minimum atomic E-state index is -0.391. The molecule has 0 spiro atoms. The summed E-state index contributed by atoms with van der Waals surface area (Å²) in [5.41, 5.74) is 1.42. The quantitative estimate of drug-likeness (QED) is 0.620. The van der Waals surface area contributed by atoms with Gasteiger partial charge in [-0.25, -0.2) is 4.39 Å². The van der Waals surface area contributed by atoms with Crippen LogP contribution in [0.15, 0.2) is 42.5 Å². The fraction of sp³-hybridized carbons (Fsp3) is 0.464. The first kappa shape index (κ1) is 25.2. The molecule has 2 aromatic rings. The number of rotatable bonds is 6. The number of amides is 3. The first-order valence-corrected chi connectivity index (χ1v) is 12.9. The van der Waals surface area contributed by atoms with Gasteiger partial charge < -0.3 is 25.0 Å². The van der Waals surface area contributed by atoms with Gasteiger partial charge in [0.25, 0.3) is 5.91 Å². The van der Waals surface area contributed by atoms with Crippen molar-refractivity contribution in [3.63, 3.8) is 0 Å². The van der Waals surface area contributed by atoms with Crippen LogP contribution in [0.3, 0.4) is 0 Å². The van der Waals surface area contributed by atoms with Gasteiger partial charge in [-0.1, -0.05) is 24.6 Å². The molecule has 9 heteroatoms. The van der Waals surface area contributed by atoms with E-state index in [9.17, 15) is 18.8 Å². The van der Waals surface area contributed by atoms with E-state index in [-0.39, 0.29) is 61.2 Å². The number of anilines is 1. The number of nitrogens with zero attached hydrogens (tertiary/aromatic N) is 1. The normalized spacial score (nSPS) is 23.5. The highest BCUT2D eigenvalue weighted by molar-refractivity contribution is 6.00. The summed E-state index contributed by atoms with van der Waals surface area (Å²) in [5, 5.41) is 5.68. The molecule has 2 N–H and O–H groups in total. The highest BCUT2D eigenvalue weighted by Gasteiger charge is 2.39. The summed E-state index contributed by atoms with van der Waals surface area (Å²) in [7, 11) is 1.75. The molecule has 0 bridgehead atoms. The average molecular weight is 510 g/mol. The molecule has 37 heavy (non-hydrogen) atoms. The Morgan fingerprint density at radius 3 is 2.68 bits per heavy atom. The van der Waals surface area contributed by atoms with E-state index in [2.05, 4.69) is 10.6 Å². The Morgan fingerprint density at radius 1 is 1.11 bits per heavy atom. The van der Waals surface area contributed by atoms with E-state index in [4.69, 9.17) is 9.47 Å². The zero-order chi connectivity index (χ0) is 25.9. The molecule has 1 saturated carbocycles. The van der Waals surface area contributed by atoms with Crippen molar-refractivity contribution in [3.8, 4) is 5.75 Å². The second-order valence-electron chi connectivity index (χ2n) is 10.1. The molecule has 2 fully saturated rings. The van der Waals surface area contributed by atoms with Crippen LogP contribution in [0.1, 0.15) is 54.4 Å². The third kappa shape index (κ3) is 5.61. The lowest BCUT2D eigenvalue weighted by atomic mass is 9.85. The molecule has 0 radical (unpaired) electrons. The molecule has 2 aliphatic heterocycles. The summed E-state index contributed by atoms with van der Waals surface area (Å²) in [4.78, 5) is 39.9. The number of nitrogens with one attached hydrogen (secondary N) is 2. The summed E-state index contributed by atoms with van der Waals surface area (Å²) < 4.78 is 26.0. The number of halogens is 1. The van der Waals surface area contributed by atoms with Gasteiger partial charge in [-0.15, -0.1) is 0 Å². The predicted molar refractivity (Wildman–Crippen MR) is 135 cm³/mol. The lowest BCUT2D eigenvalue weighted by Crippen LogP contribution is -2.53. The number of fused-ring (bicyclic) bond motifs is 2. The first-order chi connectivity index (χ1) is 17.9. The third-order valence-corrected chi connectivity index (χ3v) is 7.60. The van der Waals surface area contributed by atoms with Gasteiger partial charge in [0, 0.05) is 30.8 Å². The standard InChI is InChI=1S/C28H32FN3O5/c1-32-23-11-10-20(14-26(33)30-15-18-5-2-3-8-22(18)29)37-25(23)16-36-24-12-9-19(13-21(24)28(32)35)31-27(34)17-6-4-7-17/h2-3,5,8-9,12-13,17,20,23,25H,4,6-7,10-11,14-16H2,1H3,(H,30,33)(H,31,34)/t20-,23-,25-/m0/s1. The van der Waals surface area contributed by atoms with Gasteiger partial charge in [-0.05, 0) is 49.9 Å². The van der Waals surface area contributed by atoms with Crippen molar-refractivity contribution < 1.29 is 28.2 Å². The highest BCUT2D eigenvalue weighted by atomic mass is 19.1.